The Morgan fingerprint density at radius 3 is 2.63 bits per heavy atom. The number of benzene rings is 1. The lowest BCUT2D eigenvalue weighted by Crippen LogP contribution is -2.33. The molecule has 0 bridgehead atoms. The summed E-state index contributed by atoms with van der Waals surface area (Å²) in [7, 11) is 1.64. The van der Waals surface area contributed by atoms with Crippen molar-refractivity contribution in [2.45, 2.75) is 32.8 Å². The molecule has 0 unspecified atom stereocenters. The number of alkyl carbamates (subject to hydrolysis) is 1. The summed E-state index contributed by atoms with van der Waals surface area (Å²) in [6.07, 6.45) is 0.361. The molecule has 106 valence electrons. The molecule has 1 rings (SSSR count). The summed E-state index contributed by atoms with van der Waals surface area (Å²) in [4.78, 5) is 11.5. The molecule has 0 heterocycles. The van der Waals surface area contributed by atoms with Crippen LogP contribution < -0.4 is 10.1 Å². The zero-order valence-corrected chi connectivity index (χ0v) is 13.9. The first kappa shape index (κ1) is 16.1. The summed E-state index contributed by atoms with van der Waals surface area (Å²) in [6, 6.07) is 5.91. The summed E-state index contributed by atoms with van der Waals surface area (Å²) in [5.74, 6) is 0.827. The fourth-order valence-electron chi connectivity index (χ4n) is 1.48. The van der Waals surface area contributed by atoms with Gasteiger partial charge in [0.2, 0.25) is 0 Å². The van der Waals surface area contributed by atoms with Crippen LogP contribution in [0.1, 0.15) is 26.3 Å². The van der Waals surface area contributed by atoms with Gasteiger partial charge in [0, 0.05) is 10.1 Å². The van der Waals surface area contributed by atoms with Crippen LogP contribution >= 0.6 is 22.6 Å². The van der Waals surface area contributed by atoms with Gasteiger partial charge in [-0.2, -0.15) is 0 Å². The van der Waals surface area contributed by atoms with E-state index in [1.54, 1.807) is 7.11 Å². The number of carbonyl (C=O) groups excluding carboxylic acids is 1. The maximum atomic E-state index is 11.5. The highest BCUT2D eigenvalue weighted by molar-refractivity contribution is 14.1. The van der Waals surface area contributed by atoms with Gasteiger partial charge >= 0.3 is 6.09 Å². The second-order valence-electron chi connectivity index (χ2n) is 5.14. The lowest BCUT2D eigenvalue weighted by atomic mass is 10.1. The first-order valence-electron chi connectivity index (χ1n) is 6.11. The Labute approximate surface area is 128 Å². The number of hydrogen-bond donors (Lipinski definition) is 1. The molecule has 0 fully saturated rings. The summed E-state index contributed by atoms with van der Waals surface area (Å²) in [6.45, 7) is 6.07. The molecule has 1 N–H and O–H groups in total. The monoisotopic (exact) mass is 377 g/mol. The quantitative estimate of drug-likeness (QED) is 0.819. The third-order valence-corrected chi connectivity index (χ3v) is 3.37. The van der Waals surface area contributed by atoms with Crippen molar-refractivity contribution in [3.05, 3.63) is 27.3 Å². The van der Waals surface area contributed by atoms with E-state index in [2.05, 4.69) is 27.9 Å². The number of nitrogens with one attached hydrogen (secondary N) is 1. The fraction of sp³-hybridized carbons (Fsp3) is 0.500. The predicted molar refractivity (Wildman–Crippen MR) is 83.7 cm³/mol. The van der Waals surface area contributed by atoms with E-state index >= 15 is 0 Å². The molecule has 1 aromatic carbocycles. The van der Waals surface area contributed by atoms with E-state index in [-0.39, 0.29) is 6.09 Å². The first-order chi connectivity index (χ1) is 8.81. The Morgan fingerprint density at radius 1 is 1.37 bits per heavy atom. The summed E-state index contributed by atoms with van der Waals surface area (Å²) < 4.78 is 11.5. The number of ether oxygens (including phenoxy) is 2. The van der Waals surface area contributed by atoms with E-state index in [4.69, 9.17) is 9.47 Å². The minimum atomic E-state index is -0.464. The molecule has 1 aromatic rings. The van der Waals surface area contributed by atoms with Gasteiger partial charge in [0.1, 0.15) is 11.4 Å². The van der Waals surface area contributed by atoms with Gasteiger partial charge in [0.15, 0.2) is 0 Å². The highest BCUT2D eigenvalue weighted by Gasteiger charge is 2.15. The molecular formula is C14H20INO3. The number of carbonyl (C=O) groups is 1. The topological polar surface area (TPSA) is 47.6 Å². The van der Waals surface area contributed by atoms with Gasteiger partial charge in [-0.05, 0) is 73.5 Å². The van der Waals surface area contributed by atoms with Crippen LogP contribution in [0.5, 0.6) is 5.75 Å². The molecule has 0 aromatic heterocycles. The number of methoxy groups -OCH3 is 1. The SMILES string of the molecule is COc1ccc(I)c(CCNC(=O)OC(C)(C)C)c1. The van der Waals surface area contributed by atoms with Crippen LogP contribution in [-0.2, 0) is 11.2 Å². The van der Waals surface area contributed by atoms with Crippen LogP contribution in [0, 0.1) is 3.57 Å². The highest BCUT2D eigenvalue weighted by Crippen LogP contribution is 2.19. The summed E-state index contributed by atoms with van der Waals surface area (Å²) in [5, 5.41) is 2.75. The van der Waals surface area contributed by atoms with Crippen molar-refractivity contribution in [3.63, 3.8) is 0 Å². The van der Waals surface area contributed by atoms with E-state index in [0.29, 0.717) is 6.54 Å². The zero-order chi connectivity index (χ0) is 14.5. The Morgan fingerprint density at radius 2 is 2.05 bits per heavy atom. The van der Waals surface area contributed by atoms with Crippen molar-refractivity contribution in [2.24, 2.45) is 0 Å². The van der Waals surface area contributed by atoms with Gasteiger partial charge in [-0.25, -0.2) is 4.79 Å². The molecule has 1 amide bonds. The second-order valence-corrected chi connectivity index (χ2v) is 6.30. The lowest BCUT2D eigenvalue weighted by Gasteiger charge is -2.19. The third-order valence-electron chi connectivity index (χ3n) is 2.32. The molecule has 0 aliphatic heterocycles. The zero-order valence-electron chi connectivity index (χ0n) is 11.7. The van der Waals surface area contributed by atoms with Crippen LogP contribution in [0.15, 0.2) is 18.2 Å². The molecule has 0 aliphatic rings. The lowest BCUT2D eigenvalue weighted by molar-refractivity contribution is 0.0528. The van der Waals surface area contributed by atoms with Gasteiger partial charge in [-0.15, -0.1) is 0 Å². The fourth-order valence-corrected chi connectivity index (χ4v) is 2.09. The molecular weight excluding hydrogens is 357 g/mol. The van der Waals surface area contributed by atoms with Crippen molar-refractivity contribution >= 4 is 28.7 Å². The Balaban J connectivity index is 2.47. The molecule has 0 aliphatic carbocycles. The minimum Gasteiger partial charge on any atom is -0.497 e. The van der Waals surface area contributed by atoms with E-state index < -0.39 is 5.60 Å². The Hall–Kier alpha value is -0.980. The molecule has 5 heteroatoms. The van der Waals surface area contributed by atoms with E-state index in [1.165, 1.54) is 0 Å². The Kier molecular flexibility index (Phi) is 5.90. The van der Waals surface area contributed by atoms with Crippen molar-refractivity contribution in [2.75, 3.05) is 13.7 Å². The maximum Gasteiger partial charge on any atom is 0.407 e. The number of halogens is 1. The number of rotatable bonds is 4. The third kappa shape index (κ3) is 6.13. The minimum absolute atomic E-state index is 0.384. The molecule has 0 saturated carbocycles. The largest absolute Gasteiger partial charge is 0.497 e. The van der Waals surface area contributed by atoms with E-state index in [1.807, 2.05) is 39.0 Å². The molecule has 19 heavy (non-hydrogen) atoms. The van der Waals surface area contributed by atoms with Gasteiger partial charge in [0.25, 0.3) is 0 Å². The normalized spacial score (nSPS) is 11.0. The van der Waals surface area contributed by atoms with Crippen LogP contribution in [0.4, 0.5) is 4.79 Å². The average molecular weight is 377 g/mol. The van der Waals surface area contributed by atoms with E-state index in [0.717, 1.165) is 21.3 Å². The van der Waals surface area contributed by atoms with Crippen molar-refractivity contribution in [1.29, 1.82) is 0 Å². The smallest absolute Gasteiger partial charge is 0.407 e. The van der Waals surface area contributed by atoms with Gasteiger partial charge < -0.3 is 14.8 Å². The standard InChI is InChI=1S/C14H20INO3/c1-14(2,3)19-13(17)16-8-7-10-9-11(18-4)5-6-12(10)15/h5-6,9H,7-8H2,1-4H3,(H,16,17). The predicted octanol–water partition coefficient (Wildman–Crippen LogP) is 3.37. The molecule has 0 saturated heterocycles. The highest BCUT2D eigenvalue weighted by atomic mass is 127. The first-order valence-corrected chi connectivity index (χ1v) is 7.19. The van der Waals surface area contributed by atoms with Crippen LogP contribution in [0.25, 0.3) is 0 Å². The van der Waals surface area contributed by atoms with Crippen LogP contribution in [0.3, 0.4) is 0 Å². The van der Waals surface area contributed by atoms with E-state index in [9.17, 15) is 4.79 Å². The summed E-state index contributed by atoms with van der Waals surface area (Å²) >= 11 is 2.27. The van der Waals surface area contributed by atoms with Gasteiger partial charge in [-0.3, -0.25) is 0 Å². The number of amides is 1. The van der Waals surface area contributed by atoms with Crippen molar-refractivity contribution < 1.29 is 14.3 Å². The van der Waals surface area contributed by atoms with Gasteiger partial charge in [0.05, 0.1) is 7.11 Å². The second kappa shape index (κ2) is 6.98. The maximum absolute atomic E-state index is 11.5. The van der Waals surface area contributed by atoms with Crippen LogP contribution in [0.2, 0.25) is 0 Å². The average Bonchev–Trinajstić information content (AvgIpc) is 2.29. The van der Waals surface area contributed by atoms with Crippen molar-refractivity contribution in [3.8, 4) is 5.75 Å². The summed E-state index contributed by atoms with van der Waals surface area (Å²) in [5.41, 5.74) is 0.685. The van der Waals surface area contributed by atoms with Crippen LogP contribution in [-0.4, -0.2) is 25.3 Å². The molecule has 0 atom stereocenters. The Bertz CT molecular complexity index is 441. The van der Waals surface area contributed by atoms with Gasteiger partial charge in [-0.1, -0.05) is 0 Å². The molecule has 0 radical (unpaired) electrons. The number of hydrogen-bond acceptors (Lipinski definition) is 3. The molecule has 0 spiro atoms. The van der Waals surface area contributed by atoms with Crippen molar-refractivity contribution in [1.82, 2.24) is 5.32 Å². The molecule has 4 nitrogen and oxygen atoms in total.